The second-order valence-electron chi connectivity index (χ2n) is 10.6. The number of pyridine rings is 1. The van der Waals surface area contributed by atoms with Crippen molar-refractivity contribution in [1.82, 2.24) is 24.5 Å². The number of fused-ring (bicyclic) bond motifs is 1. The maximum absolute atomic E-state index is 10.1. The Morgan fingerprint density at radius 3 is 2.46 bits per heavy atom. The van der Waals surface area contributed by atoms with Crippen molar-refractivity contribution < 1.29 is 5.11 Å². The first kappa shape index (κ1) is 24.9. The minimum atomic E-state index is -0.681. The Labute approximate surface area is 217 Å². The molecule has 8 heteroatoms. The van der Waals surface area contributed by atoms with Crippen LogP contribution in [0.2, 0.25) is 0 Å². The van der Waals surface area contributed by atoms with Crippen molar-refractivity contribution in [3.63, 3.8) is 0 Å². The Kier molecular flexibility index (Phi) is 6.67. The SMILES string of the molecule is Cc1cc(-c2c(-c3cccc(C#N)c3)nn3ccc(NC4CCN(CC(C)(C)O)CC4)nc23)cc(C)n1. The van der Waals surface area contributed by atoms with Crippen LogP contribution in [0, 0.1) is 25.2 Å². The summed E-state index contributed by atoms with van der Waals surface area (Å²) in [4.78, 5) is 11.9. The Morgan fingerprint density at radius 2 is 1.78 bits per heavy atom. The number of β-amino-alcohol motifs (C(OH)–C–C–N with tert-alkyl or cyclic N) is 1. The molecule has 5 rings (SSSR count). The lowest BCUT2D eigenvalue weighted by atomic mass is 9.99. The van der Waals surface area contributed by atoms with Gasteiger partial charge in [-0.25, -0.2) is 9.50 Å². The lowest BCUT2D eigenvalue weighted by molar-refractivity contribution is 0.0291. The van der Waals surface area contributed by atoms with Crippen LogP contribution in [0.1, 0.15) is 43.6 Å². The van der Waals surface area contributed by atoms with Gasteiger partial charge in [0.25, 0.3) is 0 Å². The number of likely N-dealkylation sites (tertiary alicyclic amines) is 1. The highest BCUT2D eigenvalue weighted by Crippen LogP contribution is 2.36. The van der Waals surface area contributed by atoms with E-state index in [1.54, 1.807) is 6.07 Å². The summed E-state index contributed by atoms with van der Waals surface area (Å²) >= 11 is 0. The van der Waals surface area contributed by atoms with Gasteiger partial charge in [-0.05, 0) is 76.4 Å². The first-order chi connectivity index (χ1) is 17.7. The number of hydrogen-bond donors (Lipinski definition) is 2. The molecule has 2 N–H and O–H groups in total. The number of benzene rings is 1. The number of hydrogen-bond acceptors (Lipinski definition) is 7. The van der Waals surface area contributed by atoms with E-state index in [-0.39, 0.29) is 0 Å². The first-order valence-electron chi connectivity index (χ1n) is 12.8. The van der Waals surface area contributed by atoms with Crippen molar-refractivity contribution in [3.8, 4) is 28.5 Å². The molecule has 8 nitrogen and oxygen atoms in total. The zero-order chi connectivity index (χ0) is 26.2. The molecular weight excluding hydrogens is 462 g/mol. The molecule has 1 aliphatic heterocycles. The summed E-state index contributed by atoms with van der Waals surface area (Å²) in [5, 5.41) is 28.1. The molecule has 0 saturated carbocycles. The van der Waals surface area contributed by atoms with Crippen LogP contribution in [0.15, 0.2) is 48.7 Å². The summed E-state index contributed by atoms with van der Waals surface area (Å²) in [5.41, 5.74) is 6.11. The fourth-order valence-electron chi connectivity index (χ4n) is 5.18. The van der Waals surface area contributed by atoms with Gasteiger partial charge in [0.2, 0.25) is 0 Å². The van der Waals surface area contributed by atoms with Crippen LogP contribution in [-0.2, 0) is 0 Å². The van der Waals surface area contributed by atoms with Gasteiger partial charge < -0.3 is 15.3 Å². The van der Waals surface area contributed by atoms with Crippen LogP contribution in [-0.4, -0.2) is 60.9 Å². The van der Waals surface area contributed by atoms with Crippen LogP contribution in [0.5, 0.6) is 0 Å². The molecule has 37 heavy (non-hydrogen) atoms. The van der Waals surface area contributed by atoms with Gasteiger partial charge in [0.1, 0.15) is 11.5 Å². The largest absolute Gasteiger partial charge is 0.389 e. The van der Waals surface area contributed by atoms with Crippen LogP contribution in [0.4, 0.5) is 5.82 Å². The van der Waals surface area contributed by atoms with Crippen LogP contribution >= 0.6 is 0 Å². The fourth-order valence-corrected chi connectivity index (χ4v) is 5.18. The fraction of sp³-hybridized carbons (Fsp3) is 0.379. The highest BCUT2D eigenvalue weighted by Gasteiger charge is 2.25. The number of nitriles is 1. The van der Waals surface area contributed by atoms with Crippen molar-refractivity contribution in [2.45, 2.75) is 52.2 Å². The third-order valence-electron chi connectivity index (χ3n) is 6.67. The molecule has 1 saturated heterocycles. The molecule has 0 radical (unpaired) electrons. The number of piperidine rings is 1. The van der Waals surface area contributed by atoms with Crippen molar-refractivity contribution in [3.05, 3.63) is 65.6 Å². The summed E-state index contributed by atoms with van der Waals surface area (Å²) < 4.78 is 1.81. The number of aliphatic hydroxyl groups is 1. The highest BCUT2D eigenvalue weighted by atomic mass is 16.3. The number of aromatic nitrogens is 4. The number of rotatable bonds is 6. The van der Waals surface area contributed by atoms with Gasteiger partial charge in [-0.15, -0.1) is 0 Å². The standard InChI is InChI=1S/C29H33N7O/c1-19-14-23(15-20(2)31-19)26-27(22-7-5-6-21(16-22)17-30)34-36-13-10-25(33-28(26)36)32-24-8-11-35(12-9-24)18-29(3,4)37/h5-7,10,13-16,24,37H,8-9,11-12,18H2,1-4H3,(H,32,33). The molecule has 4 heterocycles. The molecule has 0 spiro atoms. The van der Waals surface area contributed by atoms with Gasteiger partial charge in [0.15, 0.2) is 5.65 Å². The summed E-state index contributed by atoms with van der Waals surface area (Å²) in [7, 11) is 0. The lowest BCUT2D eigenvalue weighted by Crippen LogP contribution is -2.45. The van der Waals surface area contributed by atoms with Crippen molar-refractivity contribution in [1.29, 1.82) is 5.26 Å². The van der Waals surface area contributed by atoms with Gasteiger partial charge in [-0.3, -0.25) is 4.98 Å². The molecule has 3 aromatic heterocycles. The molecule has 0 aliphatic carbocycles. The van der Waals surface area contributed by atoms with Gasteiger partial charge in [-0.1, -0.05) is 12.1 Å². The Hall–Kier alpha value is -3.80. The smallest absolute Gasteiger partial charge is 0.165 e. The maximum atomic E-state index is 10.1. The zero-order valence-corrected chi connectivity index (χ0v) is 21.9. The van der Waals surface area contributed by atoms with E-state index in [0.29, 0.717) is 18.2 Å². The molecular formula is C29H33N7O. The summed E-state index contributed by atoms with van der Waals surface area (Å²) in [5.74, 6) is 0.814. The van der Waals surface area contributed by atoms with E-state index < -0.39 is 5.60 Å². The normalized spacial score (nSPS) is 15.1. The number of aryl methyl sites for hydroxylation is 2. The predicted octanol–water partition coefficient (Wildman–Crippen LogP) is 4.59. The van der Waals surface area contributed by atoms with E-state index >= 15 is 0 Å². The zero-order valence-electron chi connectivity index (χ0n) is 21.9. The van der Waals surface area contributed by atoms with Gasteiger partial charge in [0, 0.05) is 48.8 Å². The van der Waals surface area contributed by atoms with Crippen molar-refractivity contribution in [2.75, 3.05) is 25.0 Å². The summed E-state index contributed by atoms with van der Waals surface area (Å²) in [6.07, 6.45) is 3.92. The van der Waals surface area contributed by atoms with Gasteiger partial charge >= 0.3 is 0 Å². The maximum Gasteiger partial charge on any atom is 0.165 e. The third-order valence-corrected chi connectivity index (χ3v) is 6.67. The average Bonchev–Trinajstić information content (AvgIpc) is 3.23. The average molecular weight is 496 g/mol. The van der Waals surface area contributed by atoms with Gasteiger partial charge in [-0.2, -0.15) is 10.4 Å². The Balaban J connectivity index is 1.51. The lowest BCUT2D eigenvalue weighted by Gasteiger charge is -2.35. The van der Waals surface area contributed by atoms with Crippen molar-refractivity contribution >= 4 is 11.5 Å². The minimum absolute atomic E-state index is 0.316. The summed E-state index contributed by atoms with van der Waals surface area (Å²) in [6, 6.07) is 16.2. The van der Waals surface area contributed by atoms with Crippen LogP contribution < -0.4 is 5.32 Å². The van der Waals surface area contributed by atoms with Crippen LogP contribution in [0.3, 0.4) is 0 Å². The first-order valence-corrected chi connectivity index (χ1v) is 12.8. The second kappa shape index (κ2) is 9.92. The molecule has 1 aliphatic rings. The van der Waals surface area contributed by atoms with E-state index in [4.69, 9.17) is 10.1 Å². The Bertz CT molecular complexity index is 1450. The van der Waals surface area contributed by atoms with Crippen molar-refractivity contribution in [2.24, 2.45) is 0 Å². The molecule has 1 fully saturated rings. The summed E-state index contributed by atoms with van der Waals surface area (Å²) in [6.45, 7) is 10.3. The van der Waals surface area contributed by atoms with Gasteiger partial charge in [0.05, 0.1) is 22.8 Å². The minimum Gasteiger partial charge on any atom is -0.389 e. The van der Waals surface area contributed by atoms with E-state index in [1.165, 1.54) is 0 Å². The predicted molar refractivity (Wildman–Crippen MR) is 145 cm³/mol. The monoisotopic (exact) mass is 495 g/mol. The molecule has 4 aromatic rings. The molecule has 0 bridgehead atoms. The van der Waals surface area contributed by atoms with E-state index in [0.717, 1.165) is 71.2 Å². The molecule has 1 aromatic carbocycles. The molecule has 0 unspecified atom stereocenters. The van der Waals surface area contributed by atoms with E-state index in [1.807, 2.05) is 62.7 Å². The van der Waals surface area contributed by atoms with Crippen LogP contribution in [0.25, 0.3) is 28.0 Å². The highest BCUT2D eigenvalue weighted by molar-refractivity contribution is 5.91. The van der Waals surface area contributed by atoms with E-state index in [2.05, 4.69) is 33.4 Å². The number of nitrogens with zero attached hydrogens (tertiary/aromatic N) is 6. The Morgan fingerprint density at radius 1 is 1.05 bits per heavy atom. The van der Waals surface area contributed by atoms with E-state index in [9.17, 15) is 10.4 Å². The topological polar surface area (TPSA) is 102 Å². The number of nitrogens with one attached hydrogen (secondary N) is 1. The number of anilines is 1. The second-order valence-corrected chi connectivity index (χ2v) is 10.6. The molecule has 0 amide bonds. The molecule has 0 atom stereocenters. The molecule has 190 valence electrons. The quantitative estimate of drug-likeness (QED) is 0.403. The third kappa shape index (κ3) is 5.63.